The van der Waals surface area contributed by atoms with E-state index in [1.807, 2.05) is 6.92 Å². The second kappa shape index (κ2) is 12.4. The van der Waals surface area contributed by atoms with Crippen LogP contribution in [0.15, 0.2) is 12.2 Å². The van der Waals surface area contributed by atoms with E-state index in [2.05, 4.69) is 0 Å². The van der Waals surface area contributed by atoms with E-state index in [4.69, 9.17) is 21.1 Å². The van der Waals surface area contributed by atoms with Gasteiger partial charge in [0.1, 0.15) is 0 Å². The zero-order chi connectivity index (χ0) is 13.6. The van der Waals surface area contributed by atoms with Gasteiger partial charge in [-0.25, -0.2) is 9.59 Å². The number of unbranched alkanes of at least 4 members (excludes halogenated alkanes) is 3. The molecule has 4 nitrogen and oxygen atoms in total. The van der Waals surface area contributed by atoms with Crippen LogP contribution in [0.25, 0.3) is 0 Å². The highest BCUT2D eigenvalue weighted by Crippen LogP contribution is 2.01. The summed E-state index contributed by atoms with van der Waals surface area (Å²) in [6, 6.07) is 0. The molecule has 0 heterocycles. The average Bonchev–Trinajstić information content (AvgIpc) is 2.38. The molecule has 0 aliphatic carbocycles. The Balaban J connectivity index is 3.52. The van der Waals surface area contributed by atoms with Gasteiger partial charge in [-0.15, -0.1) is 11.6 Å². The zero-order valence-corrected chi connectivity index (χ0v) is 11.6. The maximum atomic E-state index is 11.2. The van der Waals surface area contributed by atoms with E-state index in [1.165, 1.54) is 0 Å². The Morgan fingerprint density at radius 1 is 0.944 bits per heavy atom. The fraction of sp³-hybridized carbons (Fsp3) is 0.692. The van der Waals surface area contributed by atoms with Crippen LogP contribution in [-0.2, 0) is 19.1 Å². The lowest BCUT2D eigenvalue weighted by Crippen LogP contribution is -2.05. The Kier molecular flexibility index (Phi) is 11.7. The molecule has 0 saturated heterocycles. The van der Waals surface area contributed by atoms with Gasteiger partial charge in [-0.1, -0.05) is 19.8 Å². The summed E-state index contributed by atoms with van der Waals surface area (Å²) < 4.78 is 9.68. The number of ether oxygens (including phenoxy) is 2. The second-order valence-corrected chi connectivity index (χ2v) is 4.15. The first-order valence-electron chi connectivity index (χ1n) is 6.28. The Bertz CT molecular complexity index is 264. The van der Waals surface area contributed by atoms with Crippen LogP contribution in [0.4, 0.5) is 0 Å². The van der Waals surface area contributed by atoms with Crippen molar-refractivity contribution < 1.29 is 19.1 Å². The van der Waals surface area contributed by atoms with Crippen LogP contribution in [0.3, 0.4) is 0 Å². The lowest BCUT2D eigenvalue weighted by molar-refractivity contribution is -0.140. The number of carbonyl (C=O) groups is 2. The van der Waals surface area contributed by atoms with Gasteiger partial charge in [-0.2, -0.15) is 0 Å². The van der Waals surface area contributed by atoms with Crippen LogP contribution in [0.2, 0.25) is 0 Å². The molecule has 0 aromatic carbocycles. The van der Waals surface area contributed by atoms with Gasteiger partial charge < -0.3 is 9.47 Å². The Morgan fingerprint density at radius 2 is 1.50 bits per heavy atom. The summed E-state index contributed by atoms with van der Waals surface area (Å²) in [4.78, 5) is 22.2. The van der Waals surface area contributed by atoms with Gasteiger partial charge in [0.15, 0.2) is 0 Å². The average molecular weight is 277 g/mol. The lowest BCUT2D eigenvalue weighted by Gasteiger charge is -2.01. The molecule has 0 rings (SSSR count). The van der Waals surface area contributed by atoms with E-state index in [-0.39, 0.29) is 0 Å². The van der Waals surface area contributed by atoms with E-state index in [0.29, 0.717) is 19.1 Å². The van der Waals surface area contributed by atoms with Crippen LogP contribution in [-0.4, -0.2) is 31.0 Å². The van der Waals surface area contributed by atoms with E-state index in [9.17, 15) is 9.59 Å². The van der Waals surface area contributed by atoms with Gasteiger partial charge in [0.05, 0.1) is 13.2 Å². The molecule has 0 radical (unpaired) electrons. The molecule has 0 bridgehead atoms. The van der Waals surface area contributed by atoms with Crippen molar-refractivity contribution in [2.24, 2.45) is 0 Å². The molecule has 104 valence electrons. The number of alkyl halides is 1. The summed E-state index contributed by atoms with van der Waals surface area (Å²) in [6.45, 7) is 2.63. The lowest BCUT2D eigenvalue weighted by atomic mass is 10.2. The van der Waals surface area contributed by atoms with Crippen molar-refractivity contribution in [3.63, 3.8) is 0 Å². The third-order valence-electron chi connectivity index (χ3n) is 2.08. The fourth-order valence-corrected chi connectivity index (χ4v) is 1.35. The maximum absolute atomic E-state index is 11.2. The van der Waals surface area contributed by atoms with Gasteiger partial charge in [0.2, 0.25) is 0 Å². The van der Waals surface area contributed by atoms with Crippen molar-refractivity contribution in [2.45, 2.75) is 39.0 Å². The molecule has 0 N–H and O–H groups in total. The molecule has 0 aromatic rings. The van der Waals surface area contributed by atoms with Crippen molar-refractivity contribution in [1.82, 2.24) is 0 Å². The van der Waals surface area contributed by atoms with Gasteiger partial charge in [-0.05, 0) is 19.3 Å². The van der Waals surface area contributed by atoms with Gasteiger partial charge in [0, 0.05) is 18.0 Å². The smallest absolute Gasteiger partial charge is 0.331 e. The normalized spacial score (nSPS) is 10.6. The minimum absolute atomic E-state index is 0.360. The number of rotatable bonds is 10. The Morgan fingerprint density at radius 3 is 2.06 bits per heavy atom. The van der Waals surface area contributed by atoms with Gasteiger partial charge >= 0.3 is 11.9 Å². The molecule has 0 aromatic heterocycles. The summed E-state index contributed by atoms with van der Waals surface area (Å²) >= 11 is 5.53. The van der Waals surface area contributed by atoms with Gasteiger partial charge in [-0.3, -0.25) is 0 Å². The molecule has 5 heteroatoms. The van der Waals surface area contributed by atoms with Crippen LogP contribution in [0.1, 0.15) is 39.0 Å². The van der Waals surface area contributed by atoms with Crippen LogP contribution in [0, 0.1) is 0 Å². The third-order valence-corrected chi connectivity index (χ3v) is 2.34. The molecular formula is C13H21ClO4. The summed E-state index contributed by atoms with van der Waals surface area (Å²) in [5.74, 6) is -0.362. The second-order valence-electron chi connectivity index (χ2n) is 3.77. The molecule has 0 amide bonds. The van der Waals surface area contributed by atoms with Crippen molar-refractivity contribution in [1.29, 1.82) is 0 Å². The number of hydrogen-bond acceptors (Lipinski definition) is 4. The number of carbonyl (C=O) groups excluding carboxylic acids is 2. The molecule has 0 fully saturated rings. The molecular weight excluding hydrogens is 256 g/mol. The van der Waals surface area contributed by atoms with E-state index in [0.717, 1.165) is 44.3 Å². The Hall–Kier alpha value is -1.03. The number of esters is 2. The number of halogens is 1. The number of hydrogen-bond donors (Lipinski definition) is 0. The first kappa shape index (κ1) is 17.0. The molecule has 0 saturated carbocycles. The third kappa shape index (κ3) is 11.5. The predicted molar refractivity (Wildman–Crippen MR) is 70.5 cm³/mol. The van der Waals surface area contributed by atoms with Gasteiger partial charge in [0.25, 0.3) is 0 Å². The molecule has 0 aliphatic heterocycles. The maximum Gasteiger partial charge on any atom is 0.331 e. The molecule has 18 heavy (non-hydrogen) atoms. The standard InChI is InChI=1S/C13H21ClO4/c1-2-10-17-12(15)7-8-13(16)18-11-6-4-3-5-9-14/h7-8H,2-6,9-11H2,1H3/b8-7+. The highest BCUT2D eigenvalue weighted by Gasteiger charge is 2.00. The van der Waals surface area contributed by atoms with E-state index < -0.39 is 11.9 Å². The fourth-order valence-electron chi connectivity index (χ4n) is 1.16. The molecule has 0 atom stereocenters. The molecule has 0 spiro atoms. The largest absolute Gasteiger partial charge is 0.463 e. The van der Waals surface area contributed by atoms with Crippen LogP contribution >= 0.6 is 11.6 Å². The highest BCUT2D eigenvalue weighted by atomic mass is 35.5. The van der Waals surface area contributed by atoms with E-state index >= 15 is 0 Å². The van der Waals surface area contributed by atoms with Crippen LogP contribution in [0.5, 0.6) is 0 Å². The SMILES string of the molecule is CCCOC(=O)/C=C/C(=O)OCCCCCCCl. The van der Waals surface area contributed by atoms with Crippen molar-refractivity contribution in [3.05, 3.63) is 12.2 Å². The highest BCUT2D eigenvalue weighted by molar-refractivity contribution is 6.17. The monoisotopic (exact) mass is 276 g/mol. The summed E-state index contributed by atoms with van der Waals surface area (Å²) in [5, 5.41) is 0. The minimum Gasteiger partial charge on any atom is -0.463 e. The summed E-state index contributed by atoms with van der Waals surface area (Å²) in [5.41, 5.74) is 0. The summed E-state index contributed by atoms with van der Waals surface area (Å²) in [7, 11) is 0. The van der Waals surface area contributed by atoms with Crippen molar-refractivity contribution >= 4 is 23.5 Å². The van der Waals surface area contributed by atoms with E-state index in [1.54, 1.807) is 0 Å². The van der Waals surface area contributed by atoms with Crippen molar-refractivity contribution in [2.75, 3.05) is 19.1 Å². The first-order chi connectivity index (χ1) is 8.70. The topological polar surface area (TPSA) is 52.6 Å². The predicted octanol–water partition coefficient (Wildman–Crippen LogP) is 2.84. The zero-order valence-electron chi connectivity index (χ0n) is 10.8. The Labute approximate surface area is 113 Å². The minimum atomic E-state index is -0.518. The quantitative estimate of drug-likeness (QED) is 0.266. The van der Waals surface area contributed by atoms with Crippen molar-refractivity contribution in [3.8, 4) is 0 Å². The first-order valence-corrected chi connectivity index (χ1v) is 6.81. The van der Waals surface area contributed by atoms with Crippen LogP contribution < -0.4 is 0 Å². The molecule has 0 unspecified atom stereocenters. The molecule has 0 aliphatic rings. The summed E-state index contributed by atoms with van der Waals surface area (Å²) in [6.07, 6.45) is 6.77.